The fraction of sp³-hybridized carbons (Fsp3) is 0.364. The van der Waals surface area contributed by atoms with Crippen LogP contribution in [0, 0.1) is 17.6 Å². The number of ketones is 1. The number of aromatic nitrogens is 1. The third kappa shape index (κ3) is 4.08. The molecule has 4 rings (SSSR count). The zero-order valence-electron chi connectivity index (χ0n) is 16.1. The van der Waals surface area contributed by atoms with E-state index in [4.69, 9.17) is 4.74 Å². The van der Waals surface area contributed by atoms with Gasteiger partial charge >= 0.3 is 5.97 Å². The van der Waals surface area contributed by atoms with Gasteiger partial charge in [0.15, 0.2) is 6.61 Å². The van der Waals surface area contributed by atoms with Crippen LogP contribution in [0.1, 0.15) is 45.7 Å². The summed E-state index contributed by atoms with van der Waals surface area (Å²) in [6, 6.07) is 6.48. The highest BCUT2D eigenvalue weighted by molar-refractivity contribution is 5.97. The first-order chi connectivity index (χ1) is 14.4. The van der Waals surface area contributed by atoms with Gasteiger partial charge in [0.05, 0.1) is 12.1 Å². The lowest BCUT2D eigenvalue weighted by molar-refractivity contribution is -0.149. The van der Waals surface area contributed by atoms with Crippen LogP contribution in [-0.2, 0) is 16.0 Å². The Bertz CT molecular complexity index is 993. The molecule has 2 aliphatic heterocycles. The molecule has 2 atom stereocenters. The van der Waals surface area contributed by atoms with E-state index < -0.39 is 30.1 Å². The number of piperidine rings is 1. The molecule has 3 heterocycles. The Labute approximate surface area is 171 Å². The first kappa shape index (κ1) is 20.1. The molecule has 0 N–H and O–H groups in total. The third-order valence-electron chi connectivity index (χ3n) is 5.70. The van der Waals surface area contributed by atoms with Gasteiger partial charge in [0.1, 0.15) is 17.3 Å². The van der Waals surface area contributed by atoms with Gasteiger partial charge in [0, 0.05) is 18.2 Å². The lowest BCUT2D eigenvalue weighted by Gasteiger charge is -2.37. The number of amides is 1. The van der Waals surface area contributed by atoms with Gasteiger partial charge in [-0.1, -0.05) is 0 Å². The quantitative estimate of drug-likeness (QED) is 0.568. The Morgan fingerprint density at radius 3 is 2.67 bits per heavy atom. The molecular weight excluding hydrogens is 394 g/mol. The zero-order valence-corrected chi connectivity index (χ0v) is 16.1. The van der Waals surface area contributed by atoms with E-state index in [-0.39, 0.29) is 30.0 Å². The number of rotatable bonds is 4. The number of Topliss-reactive ketones (excluding diaryl/α,β-unsaturated/α-hetero) is 1. The number of carbonyl (C=O) groups excluding carboxylic acids is 3. The number of esters is 1. The Morgan fingerprint density at radius 1 is 1.10 bits per heavy atom. The highest BCUT2D eigenvalue weighted by atomic mass is 19.1. The highest BCUT2D eigenvalue weighted by Gasteiger charge is 2.38. The fourth-order valence-electron chi connectivity index (χ4n) is 4.09. The lowest BCUT2D eigenvalue weighted by Crippen LogP contribution is -2.48. The summed E-state index contributed by atoms with van der Waals surface area (Å²) in [6.07, 6.45) is 3.41. The molecule has 1 amide bonds. The van der Waals surface area contributed by atoms with E-state index in [2.05, 4.69) is 4.98 Å². The molecule has 1 aromatic heterocycles. The number of pyridine rings is 1. The van der Waals surface area contributed by atoms with Gasteiger partial charge in [-0.05, 0) is 61.6 Å². The van der Waals surface area contributed by atoms with Crippen molar-refractivity contribution < 1.29 is 27.9 Å². The molecule has 0 unspecified atom stereocenters. The van der Waals surface area contributed by atoms with E-state index in [0.29, 0.717) is 36.8 Å². The number of benzene rings is 1. The maximum absolute atomic E-state index is 13.5. The average molecular weight is 414 g/mol. The number of nitrogens with zero attached hydrogens (tertiary/aromatic N) is 2. The molecule has 1 saturated heterocycles. The maximum atomic E-state index is 13.5. The predicted octanol–water partition coefficient (Wildman–Crippen LogP) is 2.95. The van der Waals surface area contributed by atoms with Crippen LogP contribution in [-0.4, -0.2) is 46.7 Å². The van der Waals surface area contributed by atoms with Gasteiger partial charge in [-0.3, -0.25) is 14.4 Å². The van der Waals surface area contributed by atoms with Crippen LogP contribution in [0.4, 0.5) is 8.78 Å². The molecule has 2 aliphatic rings. The van der Waals surface area contributed by atoms with E-state index >= 15 is 0 Å². The van der Waals surface area contributed by atoms with Crippen molar-refractivity contribution in [2.75, 3.05) is 13.2 Å². The molecule has 1 fully saturated rings. The topological polar surface area (TPSA) is 76.6 Å². The van der Waals surface area contributed by atoms with Crippen molar-refractivity contribution in [1.82, 2.24) is 9.88 Å². The second-order valence-corrected chi connectivity index (χ2v) is 7.62. The van der Waals surface area contributed by atoms with Crippen LogP contribution in [0.25, 0.3) is 0 Å². The van der Waals surface area contributed by atoms with E-state index in [1.165, 1.54) is 24.3 Å². The molecule has 0 radical (unpaired) electrons. The maximum Gasteiger partial charge on any atom is 0.311 e. The van der Waals surface area contributed by atoms with Gasteiger partial charge in [-0.25, -0.2) is 13.8 Å². The average Bonchev–Trinajstić information content (AvgIpc) is 2.88. The smallest absolute Gasteiger partial charge is 0.311 e. The zero-order chi connectivity index (χ0) is 21.3. The third-order valence-corrected chi connectivity index (χ3v) is 5.70. The Balaban J connectivity index is 1.40. The molecule has 0 spiro atoms. The summed E-state index contributed by atoms with van der Waals surface area (Å²) in [7, 11) is 0. The minimum absolute atomic E-state index is 0.0120. The Kier molecular flexibility index (Phi) is 5.57. The van der Waals surface area contributed by atoms with Gasteiger partial charge < -0.3 is 9.64 Å². The molecular formula is C22H20F2N2O4. The number of ether oxygens (including phenoxy) is 1. The summed E-state index contributed by atoms with van der Waals surface area (Å²) in [5, 5.41) is 0. The van der Waals surface area contributed by atoms with E-state index in [1.54, 1.807) is 4.90 Å². The van der Waals surface area contributed by atoms with Crippen LogP contribution in [0.3, 0.4) is 0 Å². The number of halogens is 2. The number of aryl methyl sites for hydroxylation is 1. The van der Waals surface area contributed by atoms with Gasteiger partial charge in [-0.15, -0.1) is 0 Å². The van der Waals surface area contributed by atoms with E-state index in [9.17, 15) is 23.2 Å². The molecule has 1 aromatic carbocycles. The summed E-state index contributed by atoms with van der Waals surface area (Å²) in [5.41, 5.74) is 1.16. The molecule has 0 aliphatic carbocycles. The Hall–Kier alpha value is -3.16. The molecule has 30 heavy (non-hydrogen) atoms. The van der Waals surface area contributed by atoms with Crippen LogP contribution in [0.5, 0.6) is 0 Å². The minimum atomic E-state index is -0.563. The van der Waals surface area contributed by atoms with Crippen molar-refractivity contribution in [2.45, 2.75) is 31.7 Å². The van der Waals surface area contributed by atoms with Crippen molar-refractivity contribution in [3.8, 4) is 0 Å². The predicted molar refractivity (Wildman–Crippen MR) is 102 cm³/mol. The van der Waals surface area contributed by atoms with Crippen LogP contribution < -0.4 is 0 Å². The first-order valence-corrected chi connectivity index (χ1v) is 9.83. The lowest BCUT2D eigenvalue weighted by atomic mass is 9.91. The van der Waals surface area contributed by atoms with E-state index in [0.717, 1.165) is 12.3 Å². The van der Waals surface area contributed by atoms with Crippen LogP contribution in [0.15, 0.2) is 36.5 Å². The second-order valence-electron chi connectivity index (χ2n) is 7.62. The number of hydrogen-bond donors (Lipinski definition) is 0. The normalized spacial score (nSPS) is 20.7. The SMILES string of the molecule is O=C(COC(=O)[C@H]1CC[C@@H]2CCc3cc(F)ccc3C(=O)N2C1)c1ccc(F)cn1. The molecule has 156 valence electrons. The number of hydrogen-bond acceptors (Lipinski definition) is 5. The monoisotopic (exact) mass is 414 g/mol. The van der Waals surface area contributed by atoms with Gasteiger partial charge in [0.25, 0.3) is 5.91 Å². The van der Waals surface area contributed by atoms with Crippen molar-refractivity contribution >= 4 is 17.7 Å². The largest absolute Gasteiger partial charge is 0.457 e. The Morgan fingerprint density at radius 2 is 1.90 bits per heavy atom. The van der Waals surface area contributed by atoms with Crippen molar-refractivity contribution in [3.05, 3.63) is 65.0 Å². The fourth-order valence-corrected chi connectivity index (χ4v) is 4.09. The highest BCUT2D eigenvalue weighted by Crippen LogP contribution is 2.31. The van der Waals surface area contributed by atoms with Crippen molar-refractivity contribution in [3.63, 3.8) is 0 Å². The first-order valence-electron chi connectivity index (χ1n) is 9.83. The van der Waals surface area contributed by atoms with Crippen molar-refractivity contribution in [1.29, 1.82) is 0 Å². The van der Waals surface area contributed by atoms with Gasteiger partial charge in [-0.2, -0.15) is 0 Å². The second kappa shape index (κ2) is 8.30. The number of carbonyl (C=O) groups is 3. The summed E-state index contributed by atoms with van der Waals surface area (Å²) < 4.78 is 31.6. The molecule has 0 bridgehead atoms. The van der Waals surface area contributed by atoms with Gasteiger partial charge in [0.2, 0.25) is 5.78 Å². The van der Waals surface area contributed by atoms with Crippen molar-refractivity contribution in [2.24, 2.45) is 5.92 Å². The standard InChI is InChI=1S/C22H20F2N2O4/c23-15-3-7-18-13(9-15)1-5-17-6-2-14(11-26(17)21(18)28)22(29)30-12-20(27)19-8-4-16(24)10-25-19/h3-4,7-10,14,17H,1-2,5-6,11-12H2/t14-,17-/m0/s1. The molecule has 2 aromatic rings. The van der Waals surface area contributed by atoms with Crippen LogP contribution >= 0.6 is 0 Å². The summed E-state index contributed by atoms with van der Waals surface area (Å²) in [4.78, 5) is 42.9. The van der Waals surface area contributed by atoms with Crippen LogP contribution in [0.2, 0.25) is 0 Å². The number of fused-ring (bicyclic) bond motifs is 2. The summed E-state index contributed by atoms with van der Waals surface area (Å²) >= 11 is 0. The summed E-state index contributed by atoms with van der Waals surface area (Å²) in [6.45, 7) is -0.296. The van der Waals surface area contributed by atoms with E-state index in [1.807, 2.05) is 0 Å². The summed E-state index contributed by atoms with van der Waals surface area (Å²) in [5.74, 6) is -2.77. The molecule has 0 saturated carbocycles. The molecule has 8 heteroatoms. The minimum Gasteiger partial charge on any atom is -0.457 e. The molecule has 6 nitrogen and oxygen atoms in total.